The van der Waals surface area contributed by atoms with Crippen molar-refractivity contribution in [1.82, 2.24) is 0 Å². The van der Waals surface area contributed by atoms with Gasteiger partial charge in [0, 0.05) is 25.3 Å². The zero-order valence-corrected chi connectivity index (χ0v) is 11.8. The molecule has 1 aromatic rings. The molecule has 0 amide bonds. The monoisotopic (exact) mass is 264 g/mol. The van der Waals surface area contributed by atoms with Gasteiger partial charge in [-0.3, -0.25) is 0 Å². The molecule has 0 radical (unpaired) electrons. The third-order valence-corrected chi connectivity index (χ3v) is 3.65. The van der Waals surface area contributed by atoms with Crippen LogP contribution >= 0.6 is 0 Å². The maximum Gasteiger partial charge on any atom is 0.119 e. The van der Waals surface area contributed by atoms with Crippen LogP contribution in [0.5, 0.6) is 5.75 Å². The molecule has 0 bridgehead atoms. The molecule has 2 rings (SSSR count). The molecule has 19 heavy (non-hydrogen) atoms. The molecule has 1 fully saturated rings. The summed E-state index contributed by atoms with van der Waals surface area (Å²) in [5.74, 6) is 0.897. The Morgan fingerprint density at radius 2 is 1.84 bits per heavy atom. The van der Waals surface area contributed by atoms with Gasteiger partial charge in [-0.2, -0.15) is 0 Å². The van der Waals surface area contributed by atoms with Crippen LogP contribution in [-0.2, 0) is 0 Å². The van der Waals surface area contributed by atoms with Crippen LogP contribution in [0.3, 0.4) is 0 Å². The number of anilines is 1. The first kappa shape index (κ1) is 14.2. The number of aliphatic hydroxyl groups is 1. The number of hydrogen-bond donors (Lipinski definition) is 2. The maximum atomic E-state index is 10.1. The zero-order chi connectivity index (χ0) is 13.9. The highest BCUT2D eigenvalue weighted by Crippen LogP contribution is 2.27. The predicted molar refractivity (Wildman–Crippen MR) is 77.7 cm³/mol. The van der Waals surface area contributed by atoms with Gasteiger partial charge in [-0.1, -0.05) is 0 Å². The summed E-state index contributed by atoms with van der Waals surface area (Å²) < 4.78 is 5.63. The van der Waals surface area contributed by atoms with E-state index in [1.54, 1.807) is 0 Å². The van der Waals surface area contributed by atoms with Gasteiger partial charge in [-0.05, 0) is 51.0 Å². The van der Waals surface area contributed by atoms with E-state index >= 15 is 0 Å². The second-order valence-corrected chi connectivity index (χ2v) is 5.58. The standard InChI is InChI=1S/C15H24N2O2/c1-12(2)19-14-5-3-13(4-6-14)17-9-7-15(18,11-16)8-10-17/h3-6,12,18H,7-11,16H2,1-2H3. The smallest absolute Gasteiger partial charge is 0.119 e. The minimum atomic E-state index is -0.669. The van der Waals surface area contributed by atoms with Gasteiger partial charge in [0.15, 0.2) is 0 Å². The molecule has 1 heterocycles. The van der Waals surface area contributed by atoms with Crippen LogP contribution in [0.4, 0.5) is 5.69 Å². The molecule has 1 aliphatic rings. The normalized spacial score (nSPS) is 18.7. The second-order valence-electron chi connectivity index (χ2n) is 5.58. The number of nitrogens with zero attached hydrogens (tertiary/aromatic N) is 1. The van der Waals surface area contributed by atoms with E-state index in [1.165, 1.54) is 5.69 Å². The van der Waals surface area contributed by atoms with Crippen LogP contribution < -0.4 is 15.4 Å². The summed E-state index contributed by atoms with van der Waals surface area (Å²) in [6, 6.07) is 8.15. The van der Waals surface area contributed by atoms with Crippen molar-refractivity contribution in [2.75, 3.05) is 24.5 Å². The Morgan fingerprint density at radius 3 is 2.32 bits per heavy atom. The van der Waals surface area contributed by atoms with E-state index in [-0.39, 0.29) is 6.10 Å². The maximum absolute atomic E-state index is 10.1. The van der Waals surface area contributed by atoms with Crippen molar-refractivity contribution in [3.8, 4) is 5.75 Å². The van der Waals surface area contributed by atoms with E-state index < -0.39 is 5.60 Å². The van der Waals surface area contributed by atoms with Crippen molar-refractivity contribution >= 4 is 5.69 Å². The van der Waals surface area contributed by atoms with E-state index in [2.05, 4.69) is 17.0 Å². The van der Waals surface area contributed by atoms with Crippen LogP contribution in [-0.4, -0.2) is 36.4 Å². The fraction of sp³-hybridized carbons (Fsp3) is 0.600. The third kappa shape index (κ3) is 3.61. The van der Waals surface area contributed by atoms with E-state index in [4.69, 9.17) is 10.5 Å². The van der Waals surface area contributed by atoms with Crippen molar-refractivity contribution in [2.45, 2.75) is 38.4 Å². The van der Waals surface area contributed by atoms with Crippen molar-refractivity contribution in [1.29, 1.82) is 0 Å². The van der Waals surface area contributed by atoms with Crippen LogP contribution in [0.2, 0.25) is 0 Å². The fourth-order valence-corrected chi connectivity index (χ4v) is 2.39. The molecule has 1 saturated heterocycles. The summed E-state index contributed by atoms with van der Waals surface area (Å²) in [5.41, 5.74) is 6.11. The first-order valence-electron chi connectivity index (χ1n) is 6.96. The Hall–Kier alpha value is -1.26. The molecule has 3 N–H and O–H groups in total. The minimum absolute atomic E-state index is 0.195. The van der Waals surface area contributed by atoms with Crippen LogP contribution in [0.25, 0.3) is 0 Å². The molecule has 0 unspecified atom stereocenters. The first-order valence-corrected chi connectivity index (χ1v) is 6.96. The molecule has 4 heteroatoms. The zero-order valence-electron chi connectivity index (χ0n) is 11.8. The molecule has 0 spiro atoms. The third-order valence-electron chi connectivity index (χ3n) is 3.65. The number of nitrogens with two attached hydrogens (primary N) is 1. The average molecular weight is 264 g/mol. The number of benzene rings is 1. The Labute approximate surface area is 115 Å². The second kappa shape index (κ2) is 5.80. The van der Waals surface area contributed by atoms with E-state index in [1.807, 2.05) is 26.0 Å². The average Bonchev–Trinajstić information content (AvgIpc) is 2.40. The van der Waals surface area contributed by atoms with Crippen molar-refractivity contribution in [2.24, 2.45) is 5.73 Å². The molecule has 0 saturated carbocycles. The van der Waals surface area contributed by atoms with Gasteiger partial charge in [-0.15, -0.1) is 0 Å². The highest BCUT2D eigenvalue weighted by Gasteiger charge is 2.30. The Kier molecular flexibility index (Phi) is 4.32. The van der Waals surface area contributed by atoms with Gasteiger partial charge < -0.3 is 20.5 Å². The van der Waals surface area contributed by atoms with E-state index in [0.717, 1.165) is 31.7 Å². The highest BCUT2D eigenvalue weighted by atomic mass is 16.5. The van der Waals surface area contributed by atoms with Crippen LogP contribution in [0.1, 0.15) is 26.7 Å². The van der Waals surface area contributed by atoms with Crippen molar-refractivity contribution in [3.05, 3.63) is 24.3 Å². The lowest BCUT2D eigenvalue weighted by molar-refractivity contribution is 0.0250. The number of hydrogen-bond acceptors (Lipinski definition) is 4. The number of piperidine rings is 1. The lowest BCUT2D eigenvalue weighted by Gasteiger charge is -2.38. The van der Waals surface area contributed by atoms with Gasteiger partial charge in [0.25, 0.3) is 0 Å². The Bertz CT molecular complexity index is 395. The molecule has 0 atom stereocenters. The highest BCUT2D eigenvalue weighted by molar-refractivity contribution is 5.49. The minimum Gasteiger partial charge on any atom is -0.491 e. The van der Waals surface area contributed by atoms with Crippen LogP contribution in [0.15, 0.2) is 24.3 Å². The topological polar surface area (TPSA) is 58.7 Å². The molecular weight excluding hydrogens is 240 g/mol. The molecule has 0 aliphatic carbocycles. The SMILES string of the molecule is CC(C)Oc1ccc(N2CCC(O)(CN)CC2)cc1. The summed E-state index contributed by atoms with van der Waals surface area (Å²) in [6.07, 6.45) is 1.65. The first-order chi connectivity index (χ1) is 9.02. The van der Waals surface area contributed by atoms with E-state index in [0.29, 0.717) is 6.54 Å². The summed E-state index contributed by atoms with van der Waals surface area (Å²) in [5, 5.41) is 10.1. The lowest BCUT2D eigenvalue weighted by Crippen LogP contribution is -2.48. The molecule has 1 aromatic carbocycles. The molecule has 106 valence electrons. The van der Waals surface area contributed by atoms with E-state index in [9.17, 15) is 5.11 Å². The number of rotatable bonds is 4. The quantitative estimate of drug-likeness (QED) is 0.870. The van der Waals surface area contributed by atoms with Crippen molar-refractivity contribution < 1.29 is 9.84 Å². The van der Waals surface area contributed by atoms with Crippen molar-refractivity contribution in [3.63, 3.8) is 0 Å². The summed E-state index contributed by atoms with van der Waals surface area (Å²) in [7, 11) is 0. The summed E-state index contributed by atoms with van der Waals surface area (Å²) >= 11 is 0. The Morgan fingerprint density at radius 1 is 1.26 bits per heavy atom. The molecule has 0 aromatic heterocycles. The summed E-state index contributed by atoms with van der Waals surface area (Å²) in [6.45, 7) is 6.08. The lowest BCUT2D eigenvalue weighted by atomic mass is 9.91. The molecule has 1 aliphatic heterocycles. The summed E-state index contributed by atoms with van der Waals surface area (Å²) in [4.78, 5) is 2.28. The fourth-order valence-electron chi connectivity index (χ4n) is 2.39. The largest absolute Gasteiger partial charge is 0.491 e. The molecular formula is C15H24N2O2. The number of ether oxygens (including phenoxy) is 1. The van der Waals surface area contributed by atoms with Gasteiger partial charge in [-0.25, -0.2) is 0 Å². The van der Waals surface area contributed by atoms with Gasteiger partial charge in [0.2, 0.25) is 0 Å². The van der Waals surface area contributed by atoms with Gasteiger partial charge >= 0.3 is 0 Å². The Balaban J connectivity index is 1.96. The molecule has 4 nitrogen and oxygen atoms in total. The van der Waals surface area contributed by atoms with Crippen LogP contribution in [0, 0.1) is 0 Å². The van der Waals surface area contributed by atoms with Gasteiger partial charge in [0.05, 0.1) is 11.7 Å². The predicted octanol–water partition coefficient (Wildman–Crippen LogP) is 1.76. The van der Waals surface area contributed by atoms with Gasteiger partial charge in [0.1, 0.15) is 5.75 Å².